The van der Waals surface area contributed by atoms with Crippen LogP contribution in [0.5, 0.6) is 5.75 Å². The first-order valence-electron chi connectivity index (χ1n) is 9.85. The Bertz CT molecular complexity index is 1250. The number of Topliss-reactive ketones (excluding diaryl/α,β-unsaturated/α-hetero) is 1. The van der Waals surface area contributed by atoms with Crippen LogP contribution in [0.3, 0.4) is 0 Å². The van der Waals surface area contributed by atoms with Crippen LogP contribution >= 0.6 is 0 Å². The molecule has 10 nitrogen and oxygen atoms in total. The maximum atomic E-state index is 12.8. The Morgan fingerprint density at radius 3 is 2.90 bits per heavy atom. The molecule has 0 spiro atoms. The summed E-state index contributed by atoms with van der Waals surface area (Å²) in [7, 11) is 1.45. The van der Waals surface area contributed by atoms with Gasteiger partial charge in [0.2, 0.25) is 5.95 Å². The predicted octanol–water partition coefficient (Wildman–Crippen LogP) is 3.79. The molecule has 2 aromatic heterocycles. The van der Waals surface area contributed by atoms with Gasteiger partial charge in [0.25, 0.3) is 5.69 Å². The summed E-state index contributed by atoms with van der Waals surface area (Å²) in [5.41, 5.74) is 1.63. The molecule has 158 valence electrons. The Balaban J connectivity index is 1.63. The monoisotopic (exact) mass is 421 g/mol. The molecular weight excluding hydrogens is 402 g/mol. The summed E-state index contributed by atoms with van der Waals surface area (Å²) in [5, 5.41) is 19.3. The molecule has 10 heteroatoms. The average Bonchev–Trinajstić information content (AvgIpc) is 3.37. The number of methoxy groups -OCH3 is 1. The molecule has 3 heterocycles. The van der Waals surface area contributed by atoms with E-state index in [9.17, 15) is 14.9 Å². The number of carbonyl (C=O) groups excluding carboxylic acids is 1. The third-order valence-electron chi connectivity index (χ3n) is 5.54. The fourth-order valence-corrected chi connectivity index (χ4v) is 4.17. The lowest BCUT2D eigenvalue weighted by Gasteiger charge is -2.30. The molecule has 1 aliphatic carbocycles. The van der Waals surface area contributed by atoms with Gasteiger partial charge in [-0.25, -0.2) is 4.68 Å². The molecule has 0 saturated heterocycles. The highest BCUT2D eigenvalue weighted by molar-refractivity contribution is 5.99. The number of rotatable bonds is 4. The van der Waals surface area contributed by atoms with E-state index < -0.39 is 11.0 Å². The van der Waals surface area contributed by atoms with Gasteiger partial charge < -0.3 is 14.5 Å². The van der Waals surface area contributed by atoms with E-state index in [0.29, 0.717) is 46.6 Å². The van der Waals surface area contributed by atoms with Gasteiger partial charge in [0.05, 0.1) is 23.7 Å². The first-order chi connectivity index (χ1) is 15.0. The fourth-order valence-electron chi connectivity index (χ4n) is 4.17. The first kappa shape index (κ1) is 19.0. The summed E-state index contributed by atoms with van der Waals surface area (Å²) < 4.78 is 12.8. The number of hydrogen-bond donors (Lipinski definition) is 1. The Morgan fingerprint density at radius 1 is 1.29 bits per heavy atom. The van der Waals surface area contributed by atoms with Crippen molar-refractivity contribution in [3.05, 3.63) is 63.3 Å². The number of benzene rings is 1. The quantitative estimate of drug-likeness (QED) is 0.498. The number of nitro benzene ring substituents is 1. The van der Waals surface area contributed by atoms with Gasteiger partial charge in [0, 0.05) is 17.7 Å². The highest BCUT2D eigenvalue weighted by atomic mass is 16.6. The zero-order valence-electron chi connectivity index (χ0n) is 16.9. The number of nitro groups is 1. The number of aromatic nitrogens is 3. The molecule has 3 aromatic rings. The summed E-state index contributed by atoms with van der Waals surface area (Å²) in [6.45, 7) is 1.78. The van der Waals surface area contributed by atoms with Crippen LogP contribution in [0, 0.1) is 17.0 Å². The summed E-state index contributed by atoms with van der Waals surface area (Å²) >= 11 is 0. The molecule has 0 radical (unpaired) electrons. The molecule has 1 atom stereocenters. The molecule has 1 aromatic carbocycles. The largest absolute Gasteiger partial charge is 0.497 e. The van der Waals surface area contributed by atoms with Gasteiger partial charge in [-0.3, -0.25) is 14.9 Å². The molecule has 0 bridgehead atoms. The number of nitrogens with one attached hydrogen (secondary N) is 1. The van der Waals surface area contributed by atoms with E-state index in [1.807, 2.05) is 0 Å². The Kier molecular flexibility index (Phi) is 4.35. The Morgan fingerprint density at radius 2 is 2.13 bits per heavy atom. The minimum atomic E-state index is -0.577. The number of aryl methyl sites for hydroxylation is 1. The van der Waals surface area contributed by atoms with Gasteiger partial charge >= 0.3 is 0 Å². The minimum absolute atomic E-state index is 0.0333. The zero-order chi connectivity index (χ0) is 21.7. The Labute approximate surface area is 176 Å². The van der Waals surface area contributed by atoms with Crippen LogP contribution in [-0.4, -0.2) is 32.6 Å². The topological polar surface area (TPSA) is 125 Å². The molecule has 1 aliphatic heterocycles. The first-order valence-corrected chi connectivity index (χ1v) is 9.85. The molecule has 0 saturated carbocycles. The zero-order valence-corrected chi connectivity index (χ0v) is 16.9. The van der Waals surface area contributed by atoms with Crippen molar-refractivity contribution in [3.8, 4) is 17.1 Å². The number of ether oxygens (including phenoxy) is 1. The van der Waals surface area contributed by atoms with Gasteiger partial charge in [-0.05, 0) is 44.0 Å². The van der Waals surface area contributed by atoms with Crippen LogP contribution in [0.1, 0.15) is 36.9 Å². The summed E-state index contributed by atoms with van der Waals surface area (Å²) in [5.74, 6) is 2.32. The third kappa shape index (κ3) is 3.07. The Hall–Kier alpha value is -3.95. The second-order valence-corrected chi connectivity index (χ2v) is 7.47. The lowest BCUT2D eigenvalue weighted by molar-refractivity contribution is -0.384. The van der Waals surface area contributed by atoms with E-state index in [2.05, 4.69) is 15.4 Å². The van der Waals surface area contributed by atoms with Crippen molar-refractivity contribution in [2.75, 3.05) is 12.4 Å². The van der Waals surface area contributed by atoms with E-state index in [1.54, 1.807) is 35.9 Å². The predicted molar refractivity (Wildman–Crippen MR) is 110 cm³/mol. The summed E-state index contributed by atoms with van der Waals surface area (Å²) in [6.07, 6.45) is 1.96. The second kappa shape index (κ2) is 7.08. The van der Waals surface area contributed by atoms with Crippen LogP contribution in [-0.2, 0) is 4.79 Å². The minimum Gasteiger partial charge on any atom is -0.497 e. The average molecular weight is 421 g/mol. The van der Waals surface area contributed by atoms with Crippen molar-refractivity contribution in [3.63, 3.8) is 0 Å². The molecule has 2 aliphatic rings. The lowest BCUT2D eigenvalue weighted by Crippen LogP contribution is -2.31. The number of fused-ring (bicyclic) bond motifs is 1. The number of hydrogen-bond acceptors (Lipinski definition) is 8. The van der Waals surface area contributed by atoms with E-state index in [4.69, 9.17) is 9.15 Å². The molecule has 0 amide bonds. The number of allylic oxidation sites excluding steroid dienone is 2. The smallest absolute Gasteiger partial charge is 0.284 e. The highest BCUT2D eigenvalue weighted by Crippen LogP contribution is 2.42. The maximum Gasteiger partial charge on any atom is 0.284 e. The van der Waals surface area contributed by atoms with Crippen molar-refractivity contribution in [2.45, 2.75) is 32.2 Å². The van der Waals surface area contributed by atoms with Crippen LogP contribution in [0.2, 0.25) is 0 Å². The number of nitrogens with zero attached hydrogens (tertiary/aromatic N) is 4. The number of carbonyl (C=O) groups is 1. The molecule has 1 unspecified atom stereocenters. The van der Waals surface area contributed by atoms with Crippen molar-refractivity contribution in [1.29, 1.82) is 0 Å². The molecule has 5 rings (SSSR count). The van der Waals surface area contributed by atoms with Gasteiger partial charge in [-0.1, -0.05) is 0 Å². The van der Waals surface area contributed by atoms with Crippen LogP contribution in [0.25, 0.3) is 11.3 Å². The molecular formula is C21H19N5O5. The third-order valence-corrected chi connectivity index (χ3v) is 5.54. The van der Waals surface area contributed by atoms with E-state index in [1.165, 1.54) is 13.2 Å². The molecule has 1 N–H and O–H groups in total. The van der Waals surface area contributed by atoms with Crippen LogP contribution < -0.4 is 10.1 Å². The summed E-state index contributed by atoms with van der Waals surface area (Å²) in [4.78, 5) is 28.3. The fraction of sp³-hybridized carbons (Fsp3) is 0.286. The SMILES string of the molecule is COc1ccc(-c2ccc(C3C4=C(CCCC4=O)Nc4nc(C)nn43)o2)c([N+](=O)[O-])c1. The van der Waals surface area contributed by atoms with E-state index in [0.717, 1.165) is 18.5 Å². The number of anilines is 1. The van der Waals surface area contributed by atoms with Gasteiger partial charge in [-0.15, -0.1) is 0 Å². The maximum absolute atomic E-state index is 12.8. The highest BCUT2D eigenvalue weighted by Gasteiger charge is 2.38. The summed E-state index contributed by atoms with van der Waals surface area (Å²) in [6, 6.07) is 7.40. The second-order valence-electron chi connectivity index (χ2n) is 7.47. The van der Waals surface area contributed by atoms with Crippen LogP contribution in [0.4, 0.5) is 11.6 Å². The van der Waals surface area contributed by atoms with Gasteiger partial charge in [0.1, 0.15) is 29.1 Å². The normalized spacial score (nSPS) is 17.7. The standard InChI is InChI=1S/C21H19N5O5/c1-11-22-21-23-14-4-3-5-16(27)19(14)20(25(21)24-11)18-9-8-17(31-18)13-7-6-12(30-2)10-15(13)26(28)29/h6-10,20H,3-5H2,1-2H3,(H,22,23,24). The molecule has 31 heavy (non-hydrogen) atoms. The van der Waals surface area contributed by atoms with Crippen molar-refractivity contribution < 1.29 is 18.9 Å². The van der Waals surface area contributed by atoms with Gasteiger partial charge in [0.15, 0.2) is 5.78 Å². The lowest BCUT2D eigenvalue weighted by atomic mass is 9.88. The van der Waals surface area contributed by atoms with Gasteiger partial charge in [-0.2, -0.15) is 10.1 Å². The van der Waals surface area contributed by atoms with Crippen molar-refractivity contribution in [2.24, 2.45) is 0 Å². The van der Waals surface area contributed by atoms with Crippen molar-refractivity contribution >= 4 is 17.4 Å². The number of ketones is 1. The van der Waals surface area contributed by atoms with E-state index >= 15 is 0 Å². The molecule has 0 fully saturated rings. The van der Waals surface area contributed by atoms with E-state index in [-0.39, 0.29) is 11.5 Å². The van der Waals surface area contributed by atoms with Crippen LogP contribution in [0.15, 0.2) is 46.0 Å². The van der Waals surface area contributed by atoms with Crippen molar-refractivity contribution in [1.82, 2.24) is 14.8 Å². The number of furan rings is 1.